The van der Waals surface area contributed by atoms with Crippen LogP contribution in [0.15, 0.2) is 59.3 Å². The summed E-state index contributed by atoms with van der Waals surface area (Å²) in [5.74, 6) is -0.848. The van der Waals surface area contributed by atoms with Gasteiger partial charge in [0.25, 0.3) is 10.0 Å². The second-order valence-electron chi connectivity index (χ2n) is 4.99. The molecule has 0 saturated carbocycles. The minimum absolute atomic E-state index is 0.176. The molecule has 1 aromatic carbocycles. The highest BCUT2D eigenvalue weighted by molar-refractivity contribution is 7.96. The summed E-state index contributed by atoms with van der Waals surface area (Å²) in [7, 11) is -4.31. The number of sulfonamides is 1. The van der Waals surface area contributed by atoms with Gasteiger partial charge < -0.3 is 0 Å². The molecule has 9 heteroatoms. The molecular formula is C15H11N3O5S. The smallest absolute Gasteiger partial charge is 0.287 e. The van der Waals surface area contributed by atoms with Crippen molar-refractivity contribution < 1.29 is 18.1 Å². The number of benzene rings is 1. The molecule has 0 bridgehead atoms. The van der Waals surface area contributed by atoms with Crippen molar-refractivity contribution in [3.8, 4) is 0 Å². The molecule has 8 nitrogen and oxygen atoms in total. The average Bonchev–Trinajstić information content (AvgIpc) is 2.54. The predicted molar refractivity (Wildman–Crippen MR) is 87.1 cm³/mol. The van der Waals surface area contributed by atoms with Crippen LogP contribution in [0.1, 0.15) is 6.42 Å². The van der Waals surface area contributed by atoms with Crippen molar-refractivity contribution in [2.45, 2.75) is 6.42 Å². The number of fused-ring (bicyclic) bond motifs is 1. The van der Waals surface area contributed by atoms with Gasteiger partial charge in [0.15, 0.2) is 4.91 Å². The molecule has 2 aromatic rings. The zero-order chi connectivity index (χ0) is 17.3. The third-order valence-corrected chi connectivity index (χ3v) is 4.82. The number of nitrogens with zero attached hydrogens (tertiary/aromatic N) is 2. The quantitative estimate of drug-likeness (QED) is 0.668. The van der Waals surface area contributed by atoms with Gasteiger partial charge in [-0.1, -0.05) is 24.3 Å². The first-order chi connectivity index (χ1) is 11.4. The van der Waals surface area contributed by atoms with E-state index in [1.54, 1.807) is 24.3 Å². The first-order valence-electron chi connectivity index (χ1n) is 6.85. The predicted octanol–water partition coefficient (Wildman–Crippen LogP) is 1.99. The van der Waals surface area contributed by atoms with Crippen molar-refractivity contribution in [1.29, 1.82) is 0 Å². The van der Waals surface area contributed by atoms with Crippen LogP contribution in [0.3, 0.4) is 0 Å². The SMILES string of the molecule is O=C1CC=CC(S(=O)(=O)Nc2cccc3cccnc23)=C1[N+](=O)[O-]. The van der Waals surface area contributed by atoms with Crippen molar-refractivity contribution in [3.05, 3.63) is 69.4 Å². The maximum atomic E-state index is 12.6. The van der Waals surface area contributed by atoms with Gasteiger partial charge in [0, 0.05) is 18.0 Å². The van der Waals surface area contributed by atoms with Gasteiger partial charge >= 0.3 is 5.70 Å². The topological polar surface area (TPSA) is 119 Å². The zero-order valence-corrected chi connectivity index (χ0v) is 13.0. The first-order valence-corrected chi connectivity index (χ1v) is 8.33. The number of carbonyl (C=O) groups is 1. The summed E-state index contributed by atoms with van der Waals surface area (Å²) in [6, 6.07) is 8.34. The standard InChI is InChI=1S/C15H11N3O5S/c19-12-7-2-8-13(15(12)18(20)21)24(22,23)17-11-6-1-4-10-5-3-9-16-14(10)11/h1-6,8-9,17H,7H2. The van der Waals surface area contributed by atoms with Gasteiger partial charge in [-0.25, -0.2) is 8.42 Å². The Morgan fingerprint density at radius 1 is 1.21 bits per heavy atom. The van der Waals surface area contributed by atoms with E-state index in [0.717, 1.165) is 6.08 Å². The molecule has 3 rings (SSSR count). The summed E-state index contributed by atoms with van der Waals surface area (Å²) >= 11 is 0. The summed E-state index contributed by atoms with van der Waals surface area (Å²) in [5.41, 5.74) is -0.356. The van der Waals surface area contributed by atoms with E-state index in [1.165, 1.54) is 18.3 Å². The number of allylic oxidation sites excluding steroid dienone is 3. The van der Waals surface area contributed by atoms with Gasteiger partial charge in [-0.3, -0.25) is 24.6 Å². The molecule has 0 amide bonds. The van der Waals surface area contributed by atoms with Gasteiger partial charge in [-0.15, -0.1) is 0 Å². The van der Waals surface area contributed by atoms with Crippen molar-refractivity contribution in [2.75, 3.05) is 4.72 Å². The molecule has 0 unspecified atom stereocenters. The Kier molecular flexibility index (Phi) is 3.86. The number of Topliss-reactive ketones (excluding diaryl/α,β-unsaturated/α-hetero) is 1. The molecule has 0 radical (unpaired) electrons. The van der Waals surface area contributed by atoms with Crippen LogP contribution in [0.2, 0.25) is 0 Å². The van der Waals surface area contributed by atoms with Crippen LogP contribution in [0.25, 0.3) is 10.9 Å². The van der Waals surface area contributed by atoms with Crippen molar-refractivity contribution in [1.82, 2.24) is 4.98 Å². The lowest BCUT2D eigenvalue weighted by atomic mass is 10.1. The number of nitro groups is 1. The van der Waals surface area contributed by atoms with Crippen LogP contribution in [-0.2, 0) is 14.8 Å². The Hall–Kier alpha value is -3.07. The highest BCUT2D eigenvalue weighted by atomic mass is 32.2. The Labute approximate surface area is 136 Å². The highest BCUT2D eigenvalue weighted by Crippen LogP contribution is 2.27. The Morgan fingerprint density at radius 3 is 2.71 bits per heavy atom. The number of pyridine rings is 1. The van der Waals surface area contributed by atoms with E-state index in [1.807, 2.05) is 0 Å². The Morgan fingerprint density at radius 2 is 1.96 bits per heavy atom. The minimum Gasteiger partial charge on any atom is -0.287 e. The van der Waals surface area contributed by atoms with E-state index in [4.69, 9.17) is 0 Å². The lowest BCUT2D eigenvalue weighted by molar-refractivity contribution is -0.419. The molecule has 1 N–H and O–H groups in total. The monoisotopic (exact) mass is 345 g/mol. The summed E-state index contributed by atoms with van der Waals surface area (Å²) in [4.78, 5) is 25.3. The zero-order valence-electron chi connectivity index (χ0n) is 12.2. The third kappa shape index (κ3) is 2.76. The molecule has 1 heterocycles. The summed E-state index contributed by atoms with van der Waals surface area (Å²) in [6.07, 6.45) is 3.66. The first kappa shape index (κ1) is 15.8. The van der Waals surface area contributed by atoms with E-state index in [2.05, 4.69) is 9.71 Å². The molecule has 0 fully saturated rings. The minimum atomic E-state index is -4.31. The van der Waals surface area contributed by atoms with Gasteiger partial charge in [0.05, 0.1) is 16.1 Å². The maximum absolute atomic E-state index is 12.6. The summed E-state index contributed by atoms with van der Waals surface area (Å²) in [6.45, 7) is 0. The molecular weight excluding hydrogens is 334 g/mol. The molecule has 1 aromatic heterocycles. The van der Waals surface area contributed by atoms with Crippen LogP contribution in [0, 0.1) is 10.1 Å². The molecule has 122 valence electrons. The lowest BCUT2D eigenvalue weighted by Gasteiger charge is -2.12. The van der Waals surface area contributed by atoms with Gasteiger partial charge in [-0.2, -0.15) is 0 Å². The van der Waals surface area contributed by atoms with E-state index in [9.17, 15) is 23.3 Å². The number of aromatic nitrogens is 1. The maximum Gasteiger partial charge on any atom is 0.332 e. The lowest BCUT2D eigenvalue weighted by Crippen LogP contribution is -2.23. The third-order valence-electron chi connectivity index (χ3n) is 3.42. The summed E-state index contributed by atoms with van der Waals surface area (Å²) in [5, 5.41) is 11.8. The van der Waals surface area contributed by atoms with Crippen molar-refractivity contribution in [3.63, 3.8) is 0 Å². The van der Waals surface area contributed by atoms with Gasteiger partial charge in [0.1, 0.15) is 0 Å². The largest absolute Gasteiger partial charge is 0.332 e. The van der Waals surface area contributed by atoms with E-state index < -0.39 is 31.3 Å². The molecule has 24 heavy (non-hydrogen) atoms. The number of nitrogens with one attached hydrogen (secondary N) is 1. The van der Waals surface area contributed by atoms with Gasteiger partial charge in [0.2, 0.25) is 5.78 Å². The number of anilines is 1. The number of hydrogen-bond donors (Lipinski definition) is 1. The second kappa shape index (κ2) is 5.85. The fraction of sp³-hybridized carbons (Fsp3) is 0.0667. The number of carbonyl (C=O) groups excluding carboxylic acids is 1. The second-order valence-corrected chi connectivity index (χ2v) is 6.64. The van der Waals surface area contributed by atoms with Crippen molar-refractivity contribution >= 4 is 32.4 Å². The van der Waals surface area contributed by atoms with Crippen LogP contribution in [0.4, 0.5) is 5.69 Å². The molecule has 1 aliphatic carbocycles. The number of ketones is 1. The number of hydrogen-bond acceptors (Lipinski definition) is 6. The average molecular weight is 345 g/mol. The number of rotatable bonds is 4. The van der Waals surface area contributed by atoms with E-state index in [-0.39, 0.29) is 12.1 Å². The fourth-order valence-corrected chi connectivity index (χ4v) is 3.66. The number of para-hydroxylation sites is 1. The summed E-state index contributed by atoms with van der Waals surface area (Å²) < 4.78 is 27.4. The molecule has 0 saturated heterocycles. The van der Waals surface area contributed by atoms with Crippen LogP contribution in [-0.4, -0.2) is 24.1 Å². The van der Waals surface area contributed by atoms with Gasteiger partial charge in [-0.05, 0) is 18.2 Å². The molecule has 0 spiro atoms. The molecule has 0 atom stereocenters. The highest BCUT2D eigenvalue weighted by Gasteiger charge is 2.35. The Bertz CT molecular complexity index is 1020. The molecule has 1 aliphatic rings. The normalized spacial score (nSPS) is 14.9. The van der Waals surface area contributed by atoms with Crippen LogP contribution < -0.4 is 4.72 Å². The van der Waals surface area contributed by atoms with E-state index in [0.29, 0.717) is 10.9 Å². The van der Waals surface area contributed by atoms with E-state index >= 15 is 0 Å². The van der Waals surface area contributed by atoms with Crippen LogP contribution in [0.5, 0.6) is 0 Å². The van der Waals surface area contributed by atoms with Crippen LogP contribution >= 0.6 is 0 Å². The van der Waals surface area contributed by atoms with Crippen molar-refractivity contribution in [2.24, 2.45) is 0 Å². The molecule has 0 aliphatic heterocycles. The fourth-order valence-electron chi connectivity index (χ4n) is 2.38. The Balaban J connectivity index is 2.11.